The van der Waals surface area contributed by atoms with Gasteiger partial charge in [-0.15, -0.1) is 0 Å². The lowest BCUT2D eigenvalue weighted by Gasteiger charge is -2.14. The number of rotatable bonds is 7. The molecule has 0 aliphatic heterocycles. The molecule has 0 saturated carbocycles. The second-order valence-electron chi connectivity index (χ2n) is 4.38. The number of carbonyl (C=O) groups is 3. The third kappa shape index (κ3) is 5.68. The van der Waals surface area contributed by atoms with Gasteiger partial charge in [0.25, 0.3) is 16.0 Å². The van der Waals surface area contributed by atoms with Crippen molar-refractivity contribution in [1.29, 1.82) is 0 Å². The molecule has 1 atom stereocenters. The third-order valence-electron chi connectivity index (χ3n) is 2.65. The van der Waals surface area contributed by atoms with Gasteiger partial charge in [-0.2, -0.15) is 8.42 Å². The van der Waals surface area contributed by atoms with Gasteiger partial charge in [-0.25, -0.2) is 9.59 Å². The van der Waals surface area contributed by atoms with E-state index in [1.807, 2.05) is 5.32 Å². The molecule has 0 fully saturated rings. The zero-order chi connectivity index (χ0) is 17.6. The molecule has 126 valence electrons. The fourth-order valence-corrected chi connectivity index (χ4v) is 2.34. The summed E-state index contributed by atoms with van der Waals surface area (Å²) in [6.07, 6.45) is 0. The Kier molecular flexibility index (Phi) is 6.22. The molecule has 23 heavy (non-hydrogen) atoms. The number of aliphatic carboxylic acids is 1. The number of amides is 1. The summed E-state index contributed by atoms with van der Waals surface area (Å²) in [5.41, 5.74) is -0.268. The molecule has 1 unspecified atom stereocenters. The molecule has 1 amide bonds. The predicted molar refractivity (Wildman–Crippen MR) is 77.7 cm³/mol. The highest BCUT2D eigenvalue weighted by molar-refractivity contribution is 7.85. The van der Waals surface area contributed by atoms with Crippen molar-refractivity contribution in [3.63, 3.8) is 0 Å². The van der Waals surface area contributed by atoms with Crippen molar-refractivity contribution in [2.75, 3.05) is 12.4 Å². The van der Waals surface area contributed by atoms with Gasteiger partial charge in [0.2, 0.25) is 0 Å². The van der Waals surface area contributed by atoms with E-state index in [4.69, 9.17) is 14.4 Å². The van der Waals surface area contributed by atoms with E-state index in [1.54, 1.807) is 6.92 Å². The Balaban J connectivity index is 3.05. The summed E-state index contributed by atoms with van der Waals surface area (Å²) >= 11 is 0. The van der Waals surface area contributed by atoms with Crippen LogP contribution in [0.25, 0.3) is 0 Å². The number of carboxylic acid groups (broad SMARTS) is 1. The van der Waals surface area contributed by atoms with Crippen LogP contribution in [0.5, 0.6) is 0 Å². The minimum Gasteiger partial charge on any atom is -0.480 e. The number of benzene rings is 1. The third-order valence-corrected chi connectivity index (χ3v) is 3.40. The molecule has 0 aromatic heterocycles. The maximum Gasteiger partial charge on any atom is 0.338 e. The monoisotopic (exact) mass is 345 g/mol. The van der Waals surface area contributed by atoms with Crippen LogP contribution in [0.2, 0.25) is 0 Å². The molecule has 0 spiro atoms. The highest BCUT2D eigenvalue weighted by Crippen LogP contribution is 2.11. The Bertz CT molecular complexity index is 712. The lowest BCUT2D eigenvalue weighted by Crippen LogP contribution is -2.45. The topological polar surface area (TPSA) is 147 Å². The second kappa shape index (κ2) is 7.70. The molecular weight excluding hydrogens is 330 g/mol. The van der Waals surface area contributed by atoms with E-state index in [2.05, 4.69) is 0 Å². The molecule has 1 aromatic carbocycles. The summed E-state index contributed by atoms with van der Waals surface area (Å²) in [7, 11) is -4.62. The van der Waals surface area contributed by atoms with E-state index in [0.717, 1.165) is 0 Å². The van der Waals surface area contributed by atoms with Crippen molar-refractivity contribution in [2.45, 2.75) is 13.0 Å². The minimum absolute atomic E-state index is 0.0787. The van der Waals surface area contributed by atoms with Gasteiger partial charge in [0.15, 0.2) is 0 Å². The Morgan fingerprint density at radius 1 is 1.22 bits per heavy atom. The van der Waals surface area contributed by atoms with E-state index >= 15 is 0 Å². The van der Waals surface area contributed by atoms with E-state index in [-0.39, 0.29) is 17.7 Å². The van der Waals surface area contributed by atoms with Crippen LogP contribution in [0.15, 0.2) is 24.3 Å². The maximum atomic E-state index is 12.1. The Morgan fingerprint density at radius 3 is 2.26 bits per heavy atom. The summed E-state index contributed by atoms with van der Waals surface area (Å²) < 4.78 is 35.1. The molecule has 0 heterocycles. The predicted octanol–water partition coefficient (Wildman–Crippen LogP) is -0.0659. The van der Waals surface area contributed by atoms with Crippen LogP contribution in [-0.2, 0) is 19.6 Å². The largest absolute Gasteiger partial charge is 0.480 e. The van der Waals surface area contributed by atoms with Crippen molar-refractivity contribution in [3.05, 3.63) is 35.4 Å². The van der Waals surface area contributed by atoms with Gasteiger partial charge in [-0.3, -0.25) is 9.35 Å². The summed E-state index contributed by atoms with van der Waals surface area (Å²) in [4.78, 5) is 34.9. The number of ether oxygens (including phenoxy) is 1. The fourth-order valence-electron chi connectivity index (χ4n) is 1.69. The molecular formula is C13H15NO8S. The summed E-state index contributed by atoms with van der Waals surface area (Å²) in [5, 5.41) is 10.9. The molecule has 0 saturated heterocycles. The van der Waals surface area contributed by atoms with E-state index < -0.39 is 39.8 Å². The minimum atomic E-state index is -4.62. The Morgan fingerprint density at radius 2 is 1.78 bits per heavy atom. The second-order valence-corrected chi connectivity index (χ2v) is 5.88. The molecule has 9 nitrogen and oxygen atoms in total. The normalized spacial score (nSPS) is 12.3. The van der Waals surface area contributed by atoms with Gasteiger partial charge in [0, 0.05) is 0 Å². The molecule has 0 aliphatic rings. The van der Waals surface area contributed by atoms with Crippen LogP contribution in [0.4, 0.5) is 0 Å². The fraction of sp³-hybridized carbons (Fsp3) is 0.308. The van der Waals surface area contributed by atoms with E-state index in [1.165, 1.54) is 24.3 Å². The van der Waals surface area contributed by atoms with Crippen LogP contribution >= 0.6 is 0 Å². The lowest BCUT2D eigenvalue weighted by molar-refractivity contribution is -0.138. The summed E-state index contributed by atoms with van der Waals surface area (Å²) in [6, 6.07) is 3.62. The van der Waals surface area contributed by atoms with Gasteiger partial charge in [0.1, 0.15) is 11.8 Å². The zero-order valence-electron chi connectivity index (χ0n) is 12.1. The van der Waals surface area contributed by atoms with Crippen molar-refractivity contribution >= 4 is 28.0 Å². The highest BCUT2D eigenvalue weighted by atomic mass is 32.2. The Hall–Kier alpha value is -2.46. The van der Waals surface area contributed by atoms with Gasteiger partial charge >= 0.3 is 11.9 Å². The average Bonchev–Trinajstić information content (AvgIpc) is 2.45. The SMILES string of the molecule is CCOC(=O)c1ccccc1C(=O)NC(CS(=O)(=O)O)C(=O)O. The number of nitrogens with one attached hydrogen (secondary N) is 1. The van der Waals surface area contributed by atoms with E-state index in [9.17, 15) is 22.8 Å². The molecule has 1 rings (SSSR count). The number of hydrogen-bond acceptors (Lipinski definition) is 6. The molecule has 0 bridgehead atoms. The van der Waals surface area contributed by atoms with Gasteiger partial charge in [-0.05, 0) is 19.1 Å². The number of carbonyl (C=O) groups excluding carboxylic acids is 2. The average molecular weight is 345 g/mol. The van der Waals surface area contributed by atoms with Crippen molar-refractivity contribution in [1.82, 2.24) is 5.32 Å². The maximum absolute atomic E-state index is 12.1. The van der Waals surface area contributed by atoms with Crippen LogP contribution in [-0.4, -0.2) is 54.3 Å². The molecule has 1 aromatic rings. The van der Waals surface area contributed by atoms with Crippen LogP contribution in [0.1, 0.15) is 27.6 Å². The van der Waals surface area contributed by atoms with Crippen molar-refractivity contribution < 1.29 is 37.2 Å². The van der Waals surface area contributed by atoms with Gasteiger partial charge in [0.05, 0.1) is 17.7 Å². The number of carboxylic acids is 1. The lowest BCUT2D eigenvalue weighted by atomic mass is 10.1. The summed E-state index contributed by atoms with van der Waals surface area (Å²) in [5.74, 6) is -4.61. The first kappa shape index (κ1) is 18.6. The van der Waals surface area contributed by atoms with Crippen LogP contribution < -0.4 is 5.32 Å². The smallest absolute Gasteiger partial charge is 0.338 e. The number of hydrogen-bond donors (Lipinski definition) is 3. The first-order chi connectivity index (χ1) is 10.7. The molecule has 0 radical (unpaired) electrons. The quantitative estimate of drug-likeness (QED) is 0.460. The van der Waals surface area contributed by atoms with Crippen LogP contribution in [0, 0.1) is 0 Å². The van der Waals surface area contributed by atoms with Gasteiger partial charge < -0.3 is 15.2 Å². The van der Waals surface area contributed by atoms with Gasteiger partial charge in [-0.1, -0.05) is 12.1 Å². The highest BCUT2D eigenvalue weighted by Gasteiger charge is 2.27. The van der Waals surface area contributed by atoms with Crippen LogP contribution in [0.3, 0.4) is 0 Å². The Labute approximate surface area is 132 Å². The first-order valence-electron chi connectivity index (χ1n) is 6.40. The molecule has 10 heteroatoms. The summed E-state index contributed by atoms with van der Waals surface area (Å²) in [6.45, 7) is 1.66. The van der Waals surface area contributed by atoms with Crippen molar-refractivity contribution in [3.8, 4) is 0 Å². The molecule has 0 aliphatic carbocycles. The number of esters is 1. The first-order valence-corrected chi connectivity index (χ1v) is 8.01. The van der Waals surface area contributed by atoms with E-state index in [0.29, 0.717) is 0 Å². The zero-order valence-corrected chi connectivity index (χ0v) is 12.9. The van der Waals surface area contributed by atoms with Crippen molar-refractivity contribution in [2.24, 2.45) is 0 Å². The molecule has 3 N–H and O–H groups in total. The standard InChI is InChI=1S/C13H15NO8S/c1-2-22-13(18)9-6-4-3-5-8(9)11(15)14-10(12(16)17)7-23(19,20)21/h3-6,10H,2,7H2,1H3,(H,14,15)(H,16,17)(H,19,20,21).